The Morgan fingerprint density at radius 1 is 0.517 bits per heavy atom. The minimum Gasteiger partial charge on any atom is -0.0991 e. The Kier molecular flexibility index (Phi) is 17.2. The van der Waals surface area contributed by atoms with E-state index in [4.69, 9.17) is 0 Å². The monoisotopic (exact) mass is 782 g/mol. The van der Waals surface area contributed by atoms with Crippen molar-refractivity contribution in [1.82, 2.24) is 0 Å². The first-order valence-electron chi connectivity index (χ1n) is 21.2. The minimum atomic E-state index is -0.0448. The number of benzene rings is 7. The summed E-state index contributed by atoms with van der Waals surface area (Å²) >= 11 is 0. The quantitative estimate of drug-likeness (QED) is 0.135. The highest BCUT2D eigenvalue weighted by Gasteiger charge is 2.26. The van der Waals surface area contributed by atoms with Gasteiger partial charge in [-0.15, -0.1) is 0 Å². The van der Waals surface area contributed by atoms with E-state index < -0.39 is 0 Å². The lowest BCUT2D eigenvalue weighted by atomic mass is 9.74. The second-order valence-corrected chi connectivity index (χ2v) is 16.0. The third kappa shape index (κ3) is 13.8. The summed E-state index contributed by atoms with van der Waals surface area (Å²) < 4.78 is 0. The van der Waals surface area contributed by atoms with Crippen LogP contribution >= 0.6 is 0 Å². The second-order valence-electron chi connectivity index (χ2n) is 16.0. The molecule has 0 atom stereocenters. The van der Waals surface area contributed by atoms with E-state index in [0.29, 0.717) is 0 Å². The highest BCUT2D eigenvalue weighted by molar-refractivity contribution is 5.76. The predicted molar refractivity (Wildman–Crippen MR) is 263 cm³/mol. The van der Waals surface area contributed by atoms with Crippen molar-refractivity contribution in [2.24, 2.45) is 0 Å². The van der Waals surface area contributed by atoms with Crippen LogP contribution < -0.4 is 0 Å². The molecule has 0 amide bonds. The van der Waals surface area contributed by atoms with Crippen molar-refractivity contribution in [1.29, 1.82) is 0 Å². The van der Waals surface area contributed by atoms with Crippen molar-refractivity contribution >= 4 is 11.1 Å². The maximum absolute atomic E-state index is 3.86. The van der Waals surface area contributed by atoms with E-state index in [1.165, 1.54) is 78.8 Å². The highest BCUT2D eigenvalue weighted by atomic mass is 14.3. The molecule has 0 N–H and O–H groups in total. The van der Waals surface area contributed by atoms with Gasteiger partial charge >= 0.3 is 0 Å². The largest absolute Gasteiger partial charge is 0.0991 e. The predicted octanol–water partition coefficient (Wildman–Crippen LogP) is 16.5. The van der Waals surface area contributed by atoms with E-state index in [-0.39, 0.29) is 5.41 Å². The van der Waals surface area contributed by atoms with Gasteiger partial charge in [-0.3, -0.25) is 0 Å². The molecule has 0 heterocycles. The molecule has 0 nitrogen and oxygen atoms in total. The van der Waals surface area contributed by atoms with Crippen LogP contribution in [0.25, 0.3) is 22.3 Å². The SMILES string of the molecule is C=C/C=C(/c1ccccc1)C(C)(C)c1ccccc1.Cc1ccc(-c2ccc(Cc3ccc(C4=CCCC=C4)cc3)cc2)cc1C.Cc1ccccc1.Cc1ccccc1. The molecule has 1 aliphatic rings. The van der Waals surface area contributed by atoms with Crippen molar-refractivity contribution in [3.63, 3.8) is 0 Å². The van der Waals surface area contributed by atoms with Crippen LogP contribution in [0.2, 0.25) is 0 Å². The Morgan fingerprint density at radius 3 is 1.45 bits per heavy atom. The van der Waals surface area contributed by atoms with Crippen LogP contribution in [0.5, 0.6) is 0 Å². The van der Waals surface area contributed by atoms with Crippen LogP contribution in [0, 0.1) is 27.7 Å². The van der Waals surface area contributed by atoms with Gasteiger partial charge in [0.25, 0.3) is 0 Å². The Balaban J connectivity index is 0.000000177. The molecule has 0 unspecified atom stereocenters. The molecule has 0 bridgehead atoms. The first-order chi connectivity index (χ1) is 29.1. The van der Waals surface area contributed by atoms with Crippen molar-refractivity contribution in [2.45, 2.75) is 66.2 Å². The number of allylic oxidation sites excluding steroid dienone is 7. The Hall–Kier alpha value is -6.50. The van der Waals surface area contributed by atoms with Crippen LogP contribution in [-0.4, -0.2) is 0 Å². The van der Waals surface area contributed by atoms with Gasteiger partial charge in [0.15, 0.2) is 0 Å². The summed E-state index contributed by atoms with van der Waals surface area (Å²) in [5, 5.41) is 0. The molecule has 7 aromatic rings. The summed E-state index contributed by atoms with van der Waals surface area (Å²) in [6.07, 6.45) is 14.1. The zero-order chi connectivity index (χ0) is 42.6. The molecule has 0 radical (unpaired) electrons. The van der Waals surface area contributed by atoms with Gasteiger partial charge in [-0.05, 0) is 108 Å². The van der Waals surface area contributed by atoms with Gasteiger partial charge in [0.05, 0.1) is 0 Å². The fraction of sp³-hybridized carbons (Fsp3) is 0.167. The van der Waals surface area contributed by atoms with Crippen molar-refractivity contribution < 1.29 is 0 Å². The molecular weight excluding hydrogens is 721 g/mol. The van der Waals surface area contributed by atoms with Crippen LogP contribution in [0.4, 0.5) is 0 Å². The third-order valence-electron chi connectivity index (χ3n) is 10.9. The van der Waals surface area contributed by atoms with Crippen LogP contribution in [0.15, 0.2) is 225 Å². The van der Waals surface area contributed by atoms with E-state index >= 15 is 0 Å². The van der Waals surface area contributed by atoms with E-state index in [0.717, 1.165) is 12.8 Å². The molecule has 60 heavy (non-hydrogen) atoms. The molecule has 7 aromatic carbocycles. The standard InChI is InChI=1S/C27H26.C19H20.2C7H8/c1-20-8-13-27(18-21(20)2)26-16-11-23(12-17-26)19-22-9-14-25(15-10-22)24-6-4-3-5-7-24;1-4-11-18(16-12-7-5-8-13-16)19(2,3)17-14-9-6-10-15-17;2*1-7-5-3-2-4-6-7/h4,6-18H,3,5,19H2,1-2H3;4-15H,1H2,2-3H3;2*2-6H,1H3/b;18-11-;;. The molecule has 0 aromatic heterocycles. The Morgan fingerprint density at radius 2 is 1.00 bits per heavy atom. The van der Waals surface area contributed by atoms with Gasteiger partial charge in [0.2, 0.25) is 0 Å². The normalized spacial score (nSPS) is 12.0. The minimum absolute atomic E-state index is 0.0448. The van der Waals surface area contributed by atoms with Crippen LogP contribution in [-0.2, 0) is 11.8 Å². The first kappa shape index (κ1) is 44.6. The lowest BCUT2D eigenvalue weighted by molar-refractivity contribution is 0.692. The summed E-state index contributed by atoms with van der Waals surface area (Å²) in [6, 6.07) is 66.3. The molecule has 0 aliphatic heterocycles. The number of aryl methyl sites for hydroxylation is 4. The zero-order valence-corrected chi connectivity index (χ0v) is 36.6. The summed E-state index contributed by atoms with van der Waals surface area (Å²) in [7, 11) is 0. The molecule has 0 saturated carbocycles. The Bertz CT molecular complexity index is 2370. The van der Waals surface area contributed by atoms with Crippen molar-refractivity contribution in [3.05, 3.63) is 275 Å². The molecule has 0 saturated heterocycles. The second kappa shape index (κ2) is 23.2. The smallest absolute Gasteiger partial charge is 0.0152 e. The summed E-state index contributed by atoms with van der Waals surface area (Å²) in [5.74, 6) is 0. The number of rotatable bonds is 8. The maximum Gasteiger partial charge on any atom is 0.0152 e. The van der Waals surface area contributed by atoms with E-state index in [1.54, 1.807) is 0 Å². The van der Waals surface area contributed by atoms with E-state index in [1.807, 2.05) is 48.5 Å². The van der Waals surface area contributed by atoms with Crippen LogP contribution in [0.1, 0.15) is 76.8 Å². The van der Waals surface area contributed by atoms with Gasteiger partial charge in [-0.25, -0.2) is 0 Å². The van der Waals surface area contributed by atoms with Gasteiger partial charge in [0, 0.05) is 5.41 Å². The van der Waals surface area contributed by atoms with E-state index in [9.17, 15) is 0 Å². The van der Waals surface area contributed by atoms with Crippen molar-refractivity contribution in [3.8, 4) is 11.1 Å². The average Bonchev–Trinajstić information content (AvgIpc) is 3.29. The van der Waals surface area contributed by atoms with Gasteiger partial charge in [-0.2, -0.15) is 0 Å². The van der Waals surface area contributed by atoms with E-state index in [2.05, 4.69) is 218 Å². The molecule has 0 fully saturated rings. The van der Waals surface area contributed by atoms with Crippen LogP contribution in [0.3, 0.4) is 0 Å². The molecular formula is C60H62. The molecule has 0 heteroatoms. The Labute approximate surface area is 362 Å². The topological polar surface area (TPSA) is 0 Å². The fourth-order valence-electron chi connectivity index (χ4n) is 7.09. The lowest BCUT2D eigenvalue weighted by Crippen LogP contribution is -2.19. The number of hydrogen-bond acceptors (Lipinski definition) is 0. The average molecular weight is 783 g/mol. The maximum atomic E-state index is 3.86. The zero-order valence-electron chi connectivity index (χ0n) is 36.6. The molecule has 0 spiro atoms. The third-order valence-corrected chi connectivity index (χ3v) is 10.9. The summed E-state index contributed by atoms with van der Waals surface area (Å²) in [4.78, 5) is 0. The fourth-order valence-corrected chi connectivity index (χ4v) is 7.09. The molecule has 302 valence electrons. The lowest BCUT2D eigenvalue weighted by Gasteiger charge is -2.29. The highest BCUT2D eigenvalue weighted by Crippen LogP contribution is 2.38. The van der Waals surface area contributed by atoms with Crippen molar-refractivity contribution in [2.75, 3.05) is 0 Å². The van der Waals surface area contributed by atoms with Gasteiger partial charge in [0.1, 0.15) is 0 Å². The molecule has 8 rings (SSSR count). The van der Waals surface area contributed by atoms with Gasteiger partial charge in [-0.1, -0.05) is 250 Å². The summed E-state index contributed by atoms with van der Waals surface area (Å²) in [6.45, 7) is 16.9. The number of hydrogen-bond donors (Lipinski definition) is 0. The van der Waals surface area contributed by atoms with Gasteiger partial charge < -0.3 is 0 Å². The molecule has 1 aliphatic carbocycles. The first-order valence-corrected chi connectivity index (χ1v) is 21.2. The summed E-state index contributed by atoms with van der Waals surface area (Å²) in [5.41, 5.74) is 17.1.